The predicted molar refractivity (Wildman–Crippen MR) is 94.5 cm³/mol. The number of likely N-dealkylation sites (tertiary alicyclic amines) is 1. The predicted octanol–water partition coefficient (Wildman–Crippen LogP) is 2.98. The van der Waals surface area contributed by atoms with Gasteiger partial charge in [-0.25, -0.2) is 4.79 Å². The first-order valence-corrected chi connectivity index (χ1v) is 9.26. The van der Waals surface area contributed by atoms with E-state index in [0.717, 1.165) is 50.8 Å². The number of piperidine rings is 1. The first-order valence-electron chi connectivity index (χ1n) is 9.26. The van der Waals surface area contributed by atoms with Crippen LogP contribution in [0.25, 0.3) is 0 Å². The zero-order valence-corrected chi connectivity index (χ0v) is 14.8. The molecular formula is C20H27NO4. The maximum Gasteiger partial charge on any atom is 0.335 e. The van der Waals surface area contributed by atoms with E-state index in [1.807, 2.05) is 24.0 Å². The largest absolute Gasteiger partial charge is 0.478 e. The van der Waals surface area contributed by atoms with E-state index in [1.165, 1.54) is 0 Å². The maximum atomic E-state index is 12.7. The van der Waals surface area contributed by atoms with Crippen molar-refractivity contribution in [2.75, 3.05) is 19.7 Å². The molecule has 0 aliphatic carbocycles. The molecule has 5 heteroatoms. The third-order valence-corrected chi connectivity index (χ3v) is 5.52. The van der Waals surface area contributed by atoms with E-state index in [-0.39, 0.29) is 17.9 Å². The Labute approximate surface area is 149 Å². The van der Waals surface area contributed by atoms with Crippen LogP contribution in [0.1, 0.15) is 48.5 Å². The van der Waals surface area contributed by atoms with Crippen molar-refractivity contribution in [1.82, 2.24) is 4.90 Å². The SMILES string of the molecule is CC1CC(C(=O)N2CCC(Cc3ccccc3C(=O)O)CC2)CCO1. The minimum atomic E-state index is -0.864. The number of nitrogens with zero attached hydrogens (tertiary/aromatic N) is 1. The van der Waals surface area contributed by atoms with Gasteiger partial charge in [-0.2, -0.15) is 0 Å². The summed E-state index contributed by atoms with van der Waals surface area (Å²) in [6.07, 6.45) is 4.49. The van der Waals surface area contributed by atoms with Gasteiger partial charge in [0.25, 0.3) is 0 Å². The van der Waals surface area contributed by atoms with Crippen molar-refractivity contribution in [1.29, 1.82) is 0 Å². The smallest absolute Gasteiger partial charge is 0.335 e. The van der Waals surface area contributed by atoms with Gasteiger partial charge in [0, 0.05) is 25.6 Å². The van der Waals surface area contributed by atoms with Crippen LogP contribution in [0.2, 0.25) is 0 Å². The summed E-state index contributed by atoms with van der Waals surface area (Å²) in [5.41, 5.74) is 1.30. The molecule has 0 saturated carbocycles. The quantitative estimate of drug-likeness (QED) is 0.911. The molecule has 1 aromatic rings. The summed E-state index contributed by atoms with van der Waals surface area (Å²) < 4.78 is 5.54. The molecule has 2 fully saturated rings. The Hall–Kier alpha value is -1.88. The third kappa shape index (κ3) is 4.40. The highest BCUT2D eigenvalue weighted by Gasteiger charge is 2.31. The summed E-state index contributed by atoms with van der Waals surface area (Å²) in [5.74, 6) is -0.0393. The number of carbonyl (C=O) groups is 2. The van der Waals surface area contributed by atoms with Gasteiger partial charge in [-0.05, 0) is 56.6 Å². The molecule has 2 aliphatic rings. The summed E-state index contributed by atoms with van der Waals surface area (Å²) >= 11 is 0. The van der Waals surface area contributed by atoms with E-state index >= 15 is 0 Å². The minimum Gasteiger partial charge on any atom is -0.478 e. The minimum absolute atomic E-state index is 0.105. The molecule has 1 N–H and O–H groups in total. The third-order valence-electron chi connectivity index (χ3n) is 5.52. The molecule has 136 valence electrons. The molecule has 0 spiro atoms. The van der Waals surface area contributed by atoms with E-state index in [4.69, 9.17) is 4.74 Å². The molecule has 2 unspecified atom stereocenters. The van der Waals surface area contributed by atoms with Gasteiger partial charge in [-0.15, -0.1) is 0 Å². The Kier molecular flexibility index (Phi) is 5.74. The molecule has 1 aromatic carbocycles. The number of carboxylic acid groups (broad SMARTS) is 1. The summed E-state index contributed by atoms with van der Waals surface area (Å²) in [4.78, 5) is 26.0. The standard InChI is InChI=1S/C20H27NO4/c1-14-12-17(8-11-25-14)19(22)21-9-6-15(7-10-21)13-16-4-2-3-5-18(16)20(23)24/h2-5,14-15,17H,6-13H2,1H3,(H,23,24). The molecule has 0 bridgehead atoms. The topological polar surface area (TPSA) is 66.8 Å². The fourth-order valence-electron chi connectivity index (χ4n) is 4.06. The highest BCUT2D eigenvalue weighted by atomic mass is 16.5. The Bertz CT molecular complexity index is 622. The molecule has 25 heavy (non-hydrogen) atoms. The molecule has 2 saturated heterocycles. The highest BCUT2D eigenvalue weighted by molar-refractivity contribution is 5.89. The molecule has 2 heterocycles. The molecular weight excluding hydrogens is 318 g/mol. The number of ether oxygens (including phenoxy) is 1. The zero-order chi connectivity index (χ0) is 17.8. The van der Waals surface area contributed by atoms with E-state index in [0.29, 0.717) is 18.1 Å². The molecule has 2 aliphatic heterocycles. The van der Waals surface area contributed by atoms with Gasteiger partial charge < -0.3 is 14.7 Å². The van der Waals surface area contributed by atoms with Crippen LogP contribution in [0.15, 0.2) is 24.3 Å². The van der Waals surface area contributed by atoms with Gasteiger partial charge in [-0.1, -0.05) is 18.2 Å². The van der Waals surface area contributed by atoms with Crippen LogP contribution in [0.4, 0.5) is 0 Å². The first-order chi connectivity index (χ1) is 12.0. The lowest BCUT2D eigenvalue weighted by Crippen LogP contribution is -2.44. The number of carboxylic acids is 1. The van der Waals surface area contributed by atoms with Crippen LogP contribution in [0, 0.1) is 11.8 Å². The Morgan fingerprint density at radius 2 is 1.92 bits per heavy atom. The van der Waals surface area contributed by atoms with Crippen LogP contribution < -0.4 is 0 Å². The summed E-state index contributed by atoms with van der Waals surface area (Å²) in [6, 6.07) is 7.24. The zero-order valence-electron chi connectivity index (χ0n) is 14.8. The Morgan fingerprint density at radius 1 is 1.20 bits per heavy atom. The number of benzene rings is 1. The summed E-state index contributed by atoms with van der Waals surface area (Å²) in [6.45, 7) is 4.28. The number of hydrogen-bond donors (Lipinski definition) is 1. The first kappa shape index (κ1) is 17.9. The summed E-state index contributed by atoms with van der Waals surface area (Å²) in [7, 11) is 0. The van der Waals surface area contributed by atoms with Crippen molar-refractivity contribution < 1.29 is 19.4 Å². The van der Waals surface area contributed by atoms with Crippen LogP contribution in [-0.2, 0) is 16.0 Å². The van der Waals surface area contributed by atoms with Crippen molar-refractivity contribution >= 4 is 11.9 Å². The highest BCUT2D eigenvalue weighted by Crippen LogP contribution is 2.27. The molecule has 3 rings (SSSR count). The summed E-state index contributed by atoms with van der Waals surface area (Å²) in [5, 5.41) is 9.31. The fourth-order valence-corrected chi connectivity index (χ4v) is 4.06. The Balaban J connectivity index is 1.54. The van der Waals surface area contributed by atoms with Crippen LogP contribution in [0.5, 0.6) is 0 Å². The van der Waals surface area contributed by atoms with Gasteiger partial charge in [0.15, 0.2) is 0 Å². The average molecular weight is 345 g/mol. The number of hydrogen-bond acceptors (Lipinski definition) is 3. The van der Waals surface area contributed by atoms with E-state index in [9.17, 15) is 14.7 Å². The van der Waals surface area contributed by atoms with Gasteiger partial charge in [0.2, 0.25) is 5.91 Å². The molecule has 0 aromatic heterocycles. The van der Waals surface area contributed by atoms with Gasteiger partial charge in [0.05, 0.1) is 11.7 Å². The van der Waals surface area contributed by atoms with Crippen molar-refractivity contribution in [3.8, 4) is 0 Å². The lowest BCUT2D eigenvalue weighted by molar-refractivity contribution is -0.141. The van der Waals surface area contributed by atoms with Gasteiger partial charge in [0.1, 0.15) is 0 Å². The van der Waals surface area contributed by atoms with Crippen molar-refractivity contribution in [2.24, 2.45) is 11.8 Å². The molecule has 1 amide bonds. The molecule has 2 atom stereocenters. The van der Waals surface area contributed by atoms with Crippen LogP contribution in [0.3, 0.4) is 0 Å². The van der Waals surface area contributed by atoms with Crippen LogP contribution in [-0.4, -0.2) is 47.7 Å². The van der Waals surface area contributed by atoms with E-state index in [2.05, 4.69) is 0 Å². The average Bonchev–Trinajstić information content (AvgIpc) is 2.62. The number of amides is 1. The van der Waals surface area contributed by atoms with Crippen molar-refractivity contribution in [3.05, 3.63) is 35.4 Å². The van der Waals surface area contributed by atoms with E-state index in [1.54, 1.807) is 12.1 Å². The van der Waals surface area contributed by atoms with Crippen LogP contribution >= 0.6 is 0 Å². The second-order valence-corrected chi connectivity index (χ2v) is 7.34. The van der Waals surface area contributed by atoms with Gasteiger partial charge >= 0.3 is 5.97 Å². The number of carbonyl (C=O) groups excluding carboxylic acids is 1. The lowest BCUT2D eigenvalue weighted by Gasteiger charge is -2.36. The fraction of sp³-hybridized carbons (Fsp3) is 0.600. The second kappa shape index (κ2) is 8.00. The van der Waals surface area contributed by atoms with E-state index < -0.39 is 5.97 Å². The van der Waals surface area contributed by atoms with Crippen molar-refractivity contribution in [2.45, 2.75) is 45.1 Å². The maximum absolute atomic E-state index is 12.7. The van der Waals surface area contributed by atoms with Crippen molar-refractivity contribution in [3.63, 3.8) is 0 Å². The number of rotatable bonds is 4. The lowest BCUT2D eigenvalue weighted by atomic mass is 9.87. The monoisotopic (exact) mass is 345 g/mol. The van der Waals surface area contributed by atoms with Gasteiger partial charge in [-0.3, -0.25) is 4.79 Å². The molecule has 5 nitrogen and oxygen atoms in total. The normalized spacial score (nSPS) is 24.9. The molecule has 0 radical (unpaired) electrons. The number of aromatic carboxylic acids is 1. The Morgan fingerprint density at radius 3 is 2.60 bits per heavy atom. The second-order valence-electron chi connectivity index (χ2n) is 7.34.